The van der Waals surface area contributed by atoms with Crippen molar-refractivity contribution in [3.8, 4) is 11.4 Å². The van der Waals surface area contributed by atoms with Gasteiger partial charge in [0, 0.05) is 18.7 Å². The summed E-state index contributed by atoms with van der Waals surface area (Å²) in [6.07, 6.45) is 0. The van der Waals surface area contributed by atoms with E-state index in [4.69, 9.17) is 4.74 Å². The van der Waals surface area contributed by atoms with Crippen LogP contribution in [0, 0.1) is 0 Å². The van der Waals surface area contributed by atoms with Crippen molar-refractivity contribution in [3.05, 3.63) is 60.2 Å². The molecule has 1 saturated heterocycles. The number of nitrogens with one attached hydrogen (secondary N) is 1. The molecule has 0 radical (unpaired) electrons. The van der Waals surface area contributed by atoms with E-state index in [1.807, 2.05) is 30.3 Å². The molecule has 0 saturated carbocycles. The highest BCUT2D eigenvalue weighted by Gasteiger charge is 2.26. The molecular weight excluding hydrogens is 446 g/mol. The normalized spacial score (nSPS) is 15.4. The second kappa shape index (κ2) is 9.98. The first-order valence-electron chi connectivity index (χ1n) is 10.3. The molecule has 0 aliphatic carbocycles. The first-order chi connectivity index (χ1) is 15.9. The Bertz CT molecular complexity index is 1240. The van der Waals surface area contributed by atoms with Crippen LogP contribution in [0.2, 0.25) is 0 Å². The molecule has 0 atom stereocenters. The summed E-state index contributed by atoms with van der Waals surface area (Å²) in [5.74, 6) is 0.00748. The molecule has 4 rings (SSSR count). The van der Waals surface area contributed by atoms with Crippen molar-refractivity contribution >= 4 is 21.6 Å². The van der Waals surface area contributed by atoms with E-state index in [2.05, 4.69) is 25.9 Å². The van der Waals surface area contributed by atoms with Crippen LogP contribution < -0.4 is 5.43 Å². The lowest BCUT2D eigenvalue weighted by Gasteiger charge is -2.26. The summed E-state index contributed by atoms with van der Waals surface area (Å²) in [4.78, 5) is 13.6. The Labute approximate surface area is 191 Å². The molecule has 1 amide bonds. The zero-order chi connectivity index (χ0) is 23.3. The van der Waals surface area contributed by atoms with Crippen LogP contribution >= 0.6 is 0 Å². The number of rotatable bonds is 7. The van der Waals surface area contributed by atoms with Gasteiger partial charge in [0.2, 0.25) is 15.8 Å². The minimum absolute atomic E-state index is 0.145. The molecule has 2 aromatic carbocycles. The van der Waals surface area contributed by atoms with Crippen molar-refractivity contribution in [2.24, 2.45) is 5.10 Å². The highest BCUT2D eigenvalue weighted by Crippen LogP contribution is 2.18. The van der Waals surface area contributed by atoms with Gasteiger partial charge in [0.25, 0.3) is 5.91 Å². The van der Waals surface area contributed by atoms with Gasteiger partial charge in [-0.2, -0.15) is 14.2 Å². The van der Waals surface area contributed by atoms with Crippen molar-refractivity contribution in [1.82, 2.24) is 29.9 Å². The second-order valence-corrected chi connectivity index (χ2v) is 9.22. The maximum atomic E-state index is 12.7. The molecule has 0 spiro atoms. The van der Waals surface area contributed by atoms with Gasteiger partial charge in [-0.25, -0.2) is 13.8 Å². The van der Waals surface area contributed by atoms with E-state index < -0.39 is 15.9 Å². The average molecular weight is 470 g/mol. The lowest BCUT2D eigenvalue weighted by molar-refractivity contribution is -0.122. The lowest BCUT2D eigenvalue weighted by Crippen LogP contribution is -2.40. The SMILES string of the molecule is C/C(=N\NC(=O)Cn1nnc(-c2ccccc2)n1)c1ccc(S(=O)(=O)N2CCOCC2)cc1. The Morgan fingerprint density at radius 1 is 1.09 bits per heavy atom. The zero-order valence-electron chi connectivity index (χ0n) is 18.0. The molecule has 1 aliphatic rings. The van der Waals surface area contributed by atoms with Gasteiger partial charge in [0.05, 0.1) is 23.8 Å². The van der Waals surface area contributed by atoms with Gasteiger partial charge in [0.1, 0.15) is 6.54 Å². The van der Waals surface area contributed by atoms with Gasteiger partial charge in [-0.1, -0.05) is 42.5 Å². The molecule has 33 heavy (non-hydrogen) atoms. The fourth-order valence-electron chi connectivity index (χ4n) is 3.19. The van der Waals surface area contributed by atoms with Crippen LogP contribution in [0.5, 0.6) is 0 Å². The zero-order valence-corrected chi connectivity index (χ0v) is 18.8. The number of hydrogen-bond acceptors (Lipinski definition) is 8. The number of carbonyl (C=O) groups is 1. The third-order valence-corrected chi connectivity index (χ3v) is 6.91. The topological polar surface area (TPSA) is 132 Å². The largest absolute Gasteiger partial charge is 0.379 e. The number of morpholine rings is 1. The van der Waals surface area contributed by atoms with Crippen molar-refractivity contribution < 1.29 is 17.9 Å². The summed E-state index contributed by atoms with van der Waals surface area (Å²) < 4.78 is 32.1. The van der Waals surface area contributed by atoms with E-state index in [-0.39, 0.29) is 11.4 Å². The molecular formula is C21H23N7O4S. The molecule has 0 bridgehead atoms. The van der Waals surface area contributed by atoms with E-state index in [0.29, 0.717) is 43.4 Å². The maximum Gasteiger partial charge on any atom is 0.263 e. The number of benzene rings is 2. The molecule has 1 aromatic heterocycles. The first-order valence-corrected chi connectivity index (χ1v) is 11.7. The molecule has 12 heteroatoms. The van der Waals surface area contributed by atoms with E-state index in [0.717, 1.165) is 5.56 Å². The number of nitrogens with zero attached hydrogens (tertiary/aromatic N) is 6. The Morgan fingerprint density at radius 3 is 2.48 bits per heavy atom. The van der Waals surface area contributed by atoms with Crippen LogP contribution in [-0.4, -0.2) is 70.9 Å². The van der Waals surface area contributed by atoms with Gasteiger partial charge in [0.15, 0.2) is 0 Å². The Morgan fingerprint density at radius 2 is 1.79 bits per heavy atom. The van der Waals surface area contributed by atoms with Crippen LogP contribution in [0.15, 0.2) is 64.6 Å². The summed E-state index contributed by atoms with van der Waals surface area (Å²) in [5.41, 5.74) is 4.46. The van der Waals surface area contributed by atoms with E-state index in [1.54, 1.807) is 19.1 Å². The molecule has 3 aromatic rings. The first kappa shape index (κ1) is 22.7. The van der Waals surface area contributed by atoms with Crippen molar-refractivity contribution in [2.75, 3.05) is 26.3 Å². The van der Waals surface area contributed by atoms with Gasteiger partial charge in [-0.3, -0.25) is 4.79 Å². The number of hydrogen-bond donors (Lipinski definition) is 1. The molecule has 2 heterocycles. The van der Waals surface area contributed by atoms with Crippen molar-refractivity contribution in [1.29, 1.82) is 0 Å². The van der Waals surface area contributed by atoms with Gasteiger partial charge in [-0.15, -0.1) is 10.2 Å². The molecule has 11 nitrogen and oxygen atoms in total. The minimum atomic E-state index is -3.56. The standard InChI is InChI=1S/C21H23N7O4S/c1-16(17-7-9-19(10-8-17)33(30,31)27-11-13-32-14-12-27)22-23-20(29)15-28-25-21(24-26-28)18-5-3-2-4-6-18/h2-10H,11-15H2,1H3,(H,23,29)/b22-16+. The lowest BCUT2D eigenvalue weighted by atomic mass is 10.1. The molecule has 1 N–H and O–H groups in total. The van der Waals surface area contributed by atoms with Gasteiger partial charge in [-0.05, 0) is 29.8 Å². The summed E-state index contributed by atoms with van der Waals surface area (Å²) in [6, 6.07) is 15.7. The van der Waals surface area contributed by atoms with Crippen LogP contribution in [-0.2, 0) is 26.1 Å². The highest BCUT2D eigenvalue weighted by molar-refractivity contribution is 7.89. The number of tetrazole rings is 1. The Kier molecular flexibility index (Phi) is 6.87. The number of ether oxygens (including phenoxy) is 1. The van der Waals surface area contributed by atoms with Gasteiger partial charge < -0.3 is 4.74 Å². The minimum Gasteiger partial charge on any atom is -0.379 e. The molecule has 1 aliphatic heterocycles. The smallest absolute Gasteiger partial charge is 0.263 e. The van der Waals surface area contributed by atoms with E-state index >= 15 is 0 Å². The van der Waals surface area contributed by atoms with Crippen LogP contribution in [0.4, 0.5) is 0 Å². The average Bonchev–Trinajstić information content (AvgIpc) is 3.32. The summed E-state index contributed by atoms with van der Waals surface area (Å²) in [6.45, 7) is 3.02. The number of amides is 1. The third kappa shape index (κ3) is 5.48. The fraction of sp³-hybridized carbons (Fsp3) is 0.286. The van der Waals surface area contributed by atoms with Crippen LogP contribution in [0.1, 0.15) is 12.5 Å². The van der Waals surface area contributed by atoms with Crippen molar-refractivity contribution in [3.63, 3.8) is 0 Å². The van der Waals surface area contributed by atoms with E-state index in [9.17, 15) is 13.2 Å². The molecule has 172 valence electrons. The van der Waals surface area contributed by atoms with Crippen LogP contribution in [0.3, 0.4) is 0 Å². The van der Waals surface area contributed by atoms with Crippen LogP contribution in [0.25, 0.3) is 11.4 Å². The highest BCUT2D eigenvalue weighted by atomic mass is 32.2. The Hall–Kier alpha value is -3.48. The third-order valence-electron chi connectivity index (χ3n) is 5.00. The maximum absolute atomic E-state index is 12.7. The monoisotopic (exact) mass is 469 g/mol. The number of hydrazone groups is 1. The summed E-state index contributed by atoms with van der Waals surface area (Å²) in [7, 11) is -3.56. The summed E-state index contributed by atoms with van der Waals surface area (Å²) >= 11 is 0. The number of aromatic nitrogens is 4. The fourth-order valence-corrected chi connectivity index (χ4v) is 4.60. The summed E-state index contributed by atoms with van der Waals surface area (Å²) in [5, 5.41) is 16.1. The number of carbonyl (C=O) groups excluding carboxylic acids is 1. The second-order valence-electron chi connectivity index (χ2n) is 7.28. The Balaban J connectivity index is 1.36. The number of sulfonamides is 1. The predicted molar refractivity (Wildman–Crippen MR) is 120 cm³/mol. The molecule has 0 unspecified atom stereocenters. The predicted octanol–water partition coefficient (Wildman–Crippen LogP) is 0.901. The quantitative estimate of drug-likeness (QED) is 0.402. The van der Waals surface area contributed by atoms with E-state index in [1.165, 1.54) is 21.2 Å². The molecule has 1 fully saturated rings. The van der Waals surface area contributed by atoms with Crippen molar-refractivity contribution in [2.45, 2.75) is 18.4 Å². The van der Waals surface area contributed by atoms with Gasteiger partial charge >= 0.3 is 0 Å².